The standard InChI is InChI=1S/C10H17BrN4/c1-10(2,9(12)13)4-3-5-15-7-8(11)6-14-15/h6-7H,3-5H2,1-2H3,(H3,12,13). The summed E-state index contributed by atoms with van der Waals surface area (Å²) in [6.45, 7) is 4.85. The first-order valence-electron chi connectivity index (χ1n) is 4.94. The lowest BCUT2D eigenvalue weighted by Gasteiger charge is -2.22. The third-order valence-corrected chi connectivity index (χ3v) is 2.93. The van der Waals surface area contributed by atoms with E-state index in [1.807, 2.05) is 24.7 Å². The molecule has 0 aromatic carbocycles. The number of amidine groups is 1. The molecule has 0 aliphatic carbocycles. The molecule has 1 aromatic heterocycles. The van der Waals surface area contributed by atoms with Crippen LogP contribution in [-0.2, 0) is 6.54 Å². The number of nitrogens with two attached hydrogens (primary N) is 1. The number of aryl methyl sites for hydroxylation is 1. The molecule has 4 nitrogen and oxygen atoms in total. The molecule has 1 rings (SSSR count). The quantitative estimate of drug-likeness (QED) is 0.639. The predicted molar refractivity (Wildman–Crippen MR) is 64.9 cm³/mol. The van der Waals surface area contributed by atoms with E-state index >= 15 is 0 Å². The van der Waals surface area contributed by atoms with Gasteiger partial charge >= 0.3 is 0 Å². The van der Waals surface area contributed by atoms with Gasteiger partial charge in [0.2, 0.25) is 0 Å². The Morgan fingerprint density at radius 3 is 2.80 bits per heavy atom. The monoisotopic (exact) mass is 272 g/mol. The van der Waals surface area contributed by atoms with Crippen LogP contribution >= 0.6 is 15.9 Å². The maximum atomic E-state index is 7.43. The highest BCUT2D eigenvalue weighted by atomic mass is 79.9. The van der Waals surface area contributed by atoms with Gasteiger partial charge in [0.15, 0.2) is 0 Å². The number of nitrogens with zero attached hydrogens (tertiary/aromatic N) is 2. The van der Waals surface area contributed by atoms with Gasteiger partial charge in [-0.25, -0.2) is 0 Å². The van der Waals surface area contributed by atoms with E-state index in [-0.39, 0.29) is 11.3 Å². The summed E-state index contributed by atoms with van der Waals surface area (Å²) in [6.07, 6.45) is 5.59. The Hall–Kier alpha value is -0.840. The van der Waals surface area contributed by atoms with Crippen molar-refractivity contribution < 1.29 is 0 Å². The molecule has 0 spiro atoms. The molecule has 0 saturated heterocycles. The molecular weight excluding hydrogens is 256 g/mol. The van der Waals surface area contributed by atoms with E-state index in [1.165, 1.54) is 0 Å². The highest BCUT2D eigenvalue weighted by Gasteiger charge is 2.20. The van der Waals surface area contributed by atoms with Crippen LogP contribution in [0.3, 0.4) is 0 Å². The highest BCUT2D eigenvalue weighted by molar-refractivity contribution is 9.10. The summed E-state index contributed by atoms with van der Waals surface area (Å²) in [5.74, 6) is 0.254. The van der Waals surface area contributed by atoms with Crippen LogP contribution in [0, 0.1) is 10.8 Å². The van der Waals surface area contributed by atoms with Gasteiger partial charge in [-0.2, -0.15) is 5.10 Å². The normalized spacial score (nSPS) is 11.7. The molecule has 15 heavy (non-hydrogen) atoms. The van der Waals surface area contributed by atoms with Gasteiger partial charge in [-0.15, -0.1) is 0 Å². The highest BCUT2D eigenvalue weighted by Crippen LogP contribution is 2.22. The smallest absolute Gasteiger partial charge is 0.0963 e. The van der Waals surface area contributed by atoms with Crippen LogP contribution < -0.4 is 5.73 Å². The van der Waals surface area contributed by atoms with E-state index in [0.29, 0.717) is 0 Å². The van der Waals surface area contributed by atoms with Crippen molar-refractivity contribution in [1.82, 2.24) is 9.78 Å². The lowest BCUT2D eigenvalue weighted by atomic mass is 9.87. The predicted octanol–water partition coefficient (Wildman–Crippen LogP) is 2.39. The van der Waals surface area contributed by atoms with Crippen LogP contribution in [0.5, 0.6) is 0 Å². The van der Waals surface area contributed by atoms with Gasteiger partial charge in [0.05, 0.1) is 16.5 Å². The van der Waals surface area contributed by atoms with Crippen molar-refractivity contribution >= 4 is 21.8 Å². The number of rotatable bonds is 5. The van der Waals surface area contributed by atoms with Crippen LogP contribution in [-0.4, -0.2) is 15.6 Å². The van der Waals surface area contributed by atoms with Crippen molar-refractivity contribution in [2.45, 2.75) is 33.2 Å². The van der Waals surface area contributed by atoms with E-state index in [0.717, 1.165) is 23.9 Å². The Balaban J connectivity index is 2.36. The zero-order valence-corrected chi connectivity index (χ0v) is 10.7. The molecule has 0 aliphatic rings. The third kappa shape index (κ3) is 3.66. The first-order valence-corrected chi connectivity index (χ1v) is 5.73. The second-order valence-corrected chi connectivity index (χ2v) is 5.24. The van der Waals surface area contributed by atoms with Crippen LogP contribution in [0.15, 0.2) is 16.9 Å². The molecule has 0 fully saturated rings. The van der Waals surface area contributed by atoms with Crippen molar-refractivity contribution in [3.8, 4) is 0 Å². The van der Waals surface area contributed by atoms with E-state index in [4.69, 9.17) is 11.1 Å². The van der Waals surface area contributed by atoms with Gasteiger partial charge in [-0.1, -0.05) is 13.8 Å². The molecule has 0 bridgehead atoms. The second-order valence-electron chi connectivity index (χ2n) is 4.32. The molecule has 3 N–H and O–H groups in total. The Kier molecular flexibility index (Phi) is 3.90. The average Bonchev–Trinajstić information content (AvgIpc) is 2.51. The molecule has 84 valence electrons. The summed E-state index contributed by atoms with van der Waals surface area (Å²) in [5, 5.41) is 11.6. The molecule has 0 unspecified atom stereocenters. The van der Waals surface area contributed by atoms with Gasteiger partial charge in [-0.3, -0.25) is 10.1 Å². The van der Waals surface area contributed by atoms with E-state index < -0.39 is 0 Å². The zero-order valence-electron chi connectivity index (χ0n) is 9.13. The first kappa shape index (κ1) is 12.2. The summed E-state index contributed by atoms with van der Waals surface area (Å²) in [4.78, 5) is 0. The summed E-state index contributed by atoms with van der Waals surface area (Å²) in [5.41, 5.74) is 5.30. The zero-order chi connectivity index (χ0) is 11.5. The summed E-state index contributed by atoms with van der Waals surface area (Å²) in [6, 6.07) is 0. The van der Waals surface area contributed by atoms with Crippen LogP contribution in [0.1, 0.15) is 26.7 Å². The number of nitrogens with one attached hydrogen (secondary N) is 1. The van der Waals surface area contributed by atoms with Gasteiger partial charge in [0.25, 0.3) is 0 Å². The molecule has 1 heterocycles. The molecule has 5 heteroatoms. The molecule has 0 amide bonds. The topological polar surface area (TPSA) is 67.7 Å². The van der Waals surface area contributed by atoms with Crippen molar-refractivity contribution in [2.75, 3.05) is 0 Å². The van der Waals surface area contributed by atoms with Crippen molar-refractivity contribution in [2.24, 2.45) is 11.1 Å². The molecular formula is C10H17BrN4. The van der Waals surface area contributed by atoms with Crippen molar-refractivity contribution in [1.29, 1.82) is 5.41 Å². The minimum atomic E-state index is -0.204. The Morgan fingerprint density at radius 1 is 1.67 bits per heavy atom. The maximum absolute atomic E-state index is 7.43. The number of halogens is 1. The minimum absolute atomic E-state index is 0.204. The van der Waals surface area contributed by atoms with Crippen molar-refractivity contribution in [3.05, 3.63) is 16.9 Å². The fourth-order valence-corrected chi connectivity index (χ4v) is 1.61. The third-order valence-electron chi connectivity index (χ3n) is 2.52. The van der Waals surface area contributed by atoms with Gasteiger partial charge in [0, 0.05) is 18.2 Å². The van der Waals surface area contributed by atoms with E-state index in [9.17, 15) is 0 Å². The van der Waals surface area contributed by atoms with Crippen LogP contribution in [0.4, 0.5) is 0 Å². The van der Waals surface area contributed by atoms with E-state index in [2.05, 4.69) is 21.0 Å². The largest absolute Gasteiger partial charge is 0.387 e. The van der Waals surface area contributed by atoms with Crippen LogP contribution in [0.2, 0.25) is 0 Å². The van der Waals surface area contributed by atoms with E-state index in [1.54, 1.807) is 6.20 Å². The lowest BCUT2D eigenvalue weighted by molar-refractivity contribution is 0.419. The average molecular weight is 273 g/mol. The minimum Gasteiger partial charge on any atom is -0.387 e. The number of hydrogen-bond donors (Lipinski definition) is 2. The molecule has 1 aromatic rings. The van der Waals surface area contributed by atoms with Gasteiger partial charge < -0.3 is 5.73 Å². The number of hydrogen-bond acceptors (Lipinski definition) is 2. The summed E-state index contributed by atoms with van der Waals surface area (Å²) in [7, 11) is 0. The van der Waals surface area contributed by atoms with Gasteiger partial charge in [-0.05, 0) is 28.8 Å². The molecule has 0 aliphatic heterocycles. The Morgan fingerprint density at radius 2 is 2.33 bits per heavy atom. The SMILES string of the molecule is CC(C)(CCCn1cc(Br)cn1)C(=N)N. The Labute approximate surface area is 98.5 Å². The van der Waals surface area contributed by atoms with Crippen molar-refractivity contribution in [3.63, 3.8) is 0 Å². The molecule has 0 atom stereocenters. The summed E-state index contributed by atoms with van der Waals surface area (Å²) < 4.78 is 2.88. The fraction of sp³-hybridized carbons (Fsp3) is 0.600. The molecule has 0 saturated carbocycles. The lowest BCUT2D eigenvalue weighted by Crippen LogP contribution is -2.30. The number of aromatic nitrogens is 2. The fourth-order valence-electron chi connectivity index (χ4n) is 1.28. The van der Waals surface area contributed by atoms with Crippen LogP contribution in [0.25, 0.3) is 0 Å². The second kappa shape index (κ2) is 4.79. The van der Waals surface area contributed by atoms with Gasteiger partial charge in [0.1, 0.15) is 0 Å². The summed E-state index contributed by atoms with van der Waals surface area (Å²) >= 11 is 3.35. The Bertz CT molecular complexity index is 343. The maximum Gasteiger partial charge on any atom is 0.0963 e. The first-order chi connectivity index (χ1) is 6.92. The molecule has 0 radical (unpaired) electrons.